The number of nitrogens with zero attached hydrogens (tertiary/aromatic N) is 6. The summed E-state index contributed by atoms with van der Waals surface area (Å²) in [6.07, 6.45) is 6.19. The Balaban J connectivity index is 1.10. The summed E-state index contributed by atoms with van der Waals surface area (Å²) in [7, 11) is 2.17. The number of aliphatic hydroxyl groups excluding tert-OH is 1. The van der Waals surface area contributed by atoms with Crippen molar-refractivity contribution in [3.05, 3.63) is 53.0 Å². The number of pyridine rings is 2. The lowest BCUT2D eigenvalue weighted by Gasteiger charge is -2.37. The molecule has 2 amide bonds. The first kappa shape index (κ1) is 26.4. The van der Waals surface area contributed by atoms with E-state index in [0.29, 0.717) is 48.9 Å². The minimum Gasteiger partial charge on any atom is -0.446 e. The summed E-state index contributed by atoms with van der Waals surface area (Å²) in [4.78, 5) is 39.2. The number of amides is 2. The number of aromatic nitrogens is 2. The normalized spacial score (nSPS) is 24.7. The van der Waals surface area contributed by atoms with Gasteiger partial charge in [-0.3, -0.25) is 14.8 Å². The molecule has 0 aromatic carbocycles. The van der Waals surface area contributed by atoms with Crippen molar-refractivity contribution in [2.75, 3.05) is 25.5 Å². The maximum atomic E-state index is 13.1. The highest BCUT2D eigenvalue weighted by Crippen LogP contribution is 2.36. The van der Waals surface area contributed by atoms with Crippen LogP contribution in [-0.4, -0.2) is 92.1 Å². The predicted octanol–water partition coefficient (Wildman–Crippen LogP) is 1.22. The zero-order valence-electron chi connectivity index (χ0n) is 22.7. The molecule has 6 rings (SSSR count). The summed E-state index contributed by atoms with van der Waals surface area (Å²) in [6.45, 7) is 2.70. The van der Waals surface area contributed by atoms with Gasteiger partial charge in [-0.05, 0) is 62.6 Å². The standard InChI is InChI=1S/C27H35N9O4/c1-16(15-37)36-25(31-32-33-36)22-4-3-5-24(29-22)30-26(38)23-10-18-14-35(9-8-17(18)13-28-23)27(39)40-21-11-19-6-7-20(12-21)34(19)2/h3-5,10,13,16,19-21,32-33,37H,6-9,11-12,14-15H2,1-2H3,(H,29,30,38)/t16-,19?,20?,21?/m1/s1. The zero-order chi connectivity index (χ0) is 27.8. The van der Waals surface area contributed by atoms with Crippen molar-refractivity contribution in [3.8, 4) is 0 Å². The number of anilines is 1. The van der Waals surface area contributed by atoms with Crippen LogP contribution in [0.2, 0.25) is 0 Å². The van der Waals surface area contributed by atoms with E-state index in [2.05, 4.69) is 43.4 Å². The molecule has 2 unspecified atom stereocenters. The lowest BCUT2D eigenvalue weighted by molar-refractivity contribution is 0.00900. The number of ether oxygens (including phenoxy) is 1. The van der Waals surface area contributed by atoms with Crippen LogP contribution in [0.5, 0.6) is 0 Å². The molecule has 0 radical (unpaired) electrons. The van der Waals surface area contributed by atoms with E-state index in [4.69, 9.17) is 4.74 Å². The molecular weight excluding hydrogens is 514 g/mol. The highest BCUT2D eigenvalue weighted by atomic mass is 16.6. The third kappa shape index (κ3) is 5.19. The second-order valence-electron chi connectivity index (χ2n) is 11.0. The van der Waals surface area contributed by atoms with Crippen LogP contribution in [0.15, 0.2) is 35.6 Å². The van der Waals surface area contributed by atoms with Gasteiger partial charge in [0, 0.05) is 44.2 Å². The fourth-order valence-corrected chi connectivity index (χ4v) is 6.02. The first-order valence-corrected chi connectivity index (χ1v) is 13.8. The maximum absolute atomic E-state index is 13.1. The molecule has 0 aliphatic carbocycles. The smallest absolute Gasteiger partial charge is 0.410 e. The number of carbonyl (C=O) groups is 2. The summed E-state index contributed by atoms with van der Waals surface area (Å²) in [6, 6.07) is 7.71. The Kier molecular flexibility index (Phi) is 7.26. The van der Waals surface area contributed by atoms with E-state index in [1.165, 1.54) is 12.8 Å². The van der Waals surface area contributed by atoms with Crippen LogP contribution in [-0.2, 0) is 17.7 Å². The van der Waals surface area contributed by atoms with Gasteiger partial charge < -0.3 is 25.0 Å². The molecule has 2 fully saturated rings. The average Bonchev–Trinajstić information content (AvgIpc) is 3.53. The molecule has 4 aliphatic rings. The number of hydrogen-bond acceptors (Lipinski definition) is 11. The first-order chi connectivity index (χ1) is 19.4. The van der Waals surface area contributed by atoms with Gasteiger partial charge in [-0.1, -0.05) is 6.07 Å². The Morgan fingerprint density at radius 1 is 1.23 bits per heavy atom. The van der Waals surface area contributed by atoms with Crippen LogP contribution in [0, 0.1) is 0 Å². The molecule has 40 heavy (non-hydrogen) atoms. The van der Waals surface area contributed by atoms with Crippen molar-refractivity contribution in [3.63, 3.8) is 0 Å². The number of carbonyl (C=O) groups excluding carboxylic acids is 2. The average molecular weight is 550 g/mol. The van der Waals surface area contributed by atoms with Gasteiger partial charge in [0.2, 0.25) is 0 Å². The maximum Gasteiger partial charge on any atom is 0.410 e. The molecule has 4 N–H and O–H groups in total. The second-order valence-corrected chi connectivity index (χ2v) is 11.0. The molecular formula is C27H35N9O4. The van der Waals surface area contributed by atoms with Crippen molar-refractivity contribution in [1.82, 2.24) is 35.8 Å². The number of hydrogen-bond donors (Lipinski definition) is 4. The van der Waals surface area contributed by atoms with Crippen LogP contribution >= 0.6 is 0 Å². The Bertz CT molecular complexity index is 1310. The fraction of sp³-hybridized carbons (Fsp3) is 0.519. The number of amidine groups is 1. The van der Waals surface area contributed by atoms with Crippen molar-refractivity contribution < 1.29 is 19.4 Å². The Morgan fingerprint density at radius 2 is 2.02 bits per heavy atom. The lowest BCUT2D eigenvalue weighted by Crippen LogP contribution is -2.48. The topological polar surface area (TPSA) is 148 Å². The van der Waals surface area contributed by atoms with Gasteiger partial charge in [0.1, 0.15) is 23.3 Å². The Labute approximate surface area is 232 Å². The molecule has 3 atom stereocenters. The molecule has 2 bridgehead atoms. The third-order valence-corrected chi connectivity index (χ3v) is 8.39. The van der Waals surface area contributed by atoms with E-state index < -0.39 is 5.91 Å². The fourth-order valence-electron chi connectivity index (χ4n) is 6.02. The number of hydrazine groups is 2. The van der Waals surface area contributed by atoms with E-state index in [-0.39, 0.29) is 30.5 Å². The quantitative estimate of drug-likeness (QED) is 0.415. The van der Waals surface area contributed by atoms with Crippen LogP contribution < -0.4 is 16.4 Å². The largest absolute Gasteiger partial charge is 0.446 e. The van der Waals surface area contributed by atoms with Gasteiger partial charge in [0.05, 0.1) is 12.6 Å². The monoisotopic (exact) mass is 549 g/mol. The predicted molar refractivity (Wildman–Crippen MR) is 146 cm³/mol. The number of piperidine rings is 1. The van der Waals surface area contributed by atoms with Gasteiger partial charge >= 0.3 is 6.09 Å². The third-order valence-electron chi connectivity index (χ3n) is 8.39. The van der Waals surface area contributed by atoms with Crippen LogP contribution in [0.4, 0.5) is 10.6 Å². The van der Waals surface area contributed by atoms with Crippen molar-refractivity contribution in [1.29, 1.82) is 0 Å². The number of rotatable bonds is 6. The Hall–Kier alpha value is -3.81. The molecule has 13 nitrogen and oxygen atoms in total. The van der Waals surface area contributed by atoms with E-state index in [9.17, 15) is 14.7 Å². The van der Waals surface area contributed by atoms with Crippen molar-refractivity contribution in [2.24, 2.45) is 5.10 Å². The first-order valence-electron chi connectivity index (χ1n) is 13.8. The summed E-state index contributed by atoms with van der Waals surface area (Å²) in [5.74, 6) is 0.425. The number of nitrogens with one attached hydrogen (secondary N) is 3. The Morgan fingerprint density at radius 3 is 2.80 bits per heavy atom. The van der Waals surface area contributed by atoms with E-state index in [1.54, 1.807) is 40.4 Å². The molecule has 2 aromatic heterocycles. The molecule has 4 aliphatic heterocycles. The summed E-state index contributed by atoms with van der Waals surface area (Å²) >= 11 is 0. The highest BCUT2D eigenvalue weighted by Gasteiger charge is 2.40. The zero-order valence-corrected chi connectivity index (χ0v) is 22.7. The molecule has 212 valence electrons. The summed E-state index contributed by atoms with van der Waals surface area (Å²) in [5, 5.41) is 18.2. The van der Waals surface area contributed by atoms with E-state index in [0.717, 1.165) is 24.0 Å². The second kappa shape index (κ2) is 11.0. The SMILES string of the molecule is C[C@H](CO)N1NNN=C1c1cccc(NC(=O)c2cc3c(cn2)CCN(C(=O)OC2CC4CCC(C2)N4C)C3)n1. The molecule has 13 heteroatoms. The molecule has 2 saturated heterocycles. The van der Waals surface area contributed by atoms with Crippen LogP contribution in [0.3, 0.4) is 0 Å². The summed E-state index contributed by atoms with van der Waals surface area (Å²) in [5.41, 5.74) is 8.19. The van der Waals surface area contributed by atoms with Crippen molar-refractivity contribution >= 4 is 23.7 Å². The molecule has 6 heterocycles. The minimum atomic E-state index is -0.404. The van der Waals surface area contributed by atoms with Gasteiger partial charge in [-0.25, -0.2) is 15.3 Å². The van der Waals surface area contributed by atoms with Crippen LogP contribution in [0.25, 0.3) is 0 Å². The van der Waals surface area contributed by atoms with Gasteiger partial charge in [0.15, 0.2) is 5.84 Å². The minimum absolute atomic E-state index is 0.0367. The summed E-state index contributed by atoms with van der Waals surface area (Å²) < 4.78 is 5.94. The number of fused-ring (bicyclic) bond motifs is 3. The van der Waals surface area contributed by atoms with Gasteiger partial charge in [-0.15, -0.1) is 10.6 Å². The molecule has 0 spiro atoms. The van der Waals surface area contributed by atoms with Gasteiger partial charge in [-0.2, -0.15) is 0 Å². The van der Waals surface area contributed by atoms with Gasteiger partial charge in [0.25, 0.3) is 5.91 Å². The van der Waals surface area contributed by atoms with E-state index >= 15 is 0 Å². The van der Waals surface area contributed by atoms with E-state index in [1.807, 2.05) is 6.92 Å². The van der Waals surface area contributed by atoms with Crippen LogP contribution in [0.1, 0.15) is 59.9 Å². The molecule has 0 saturated carbocycles. The lowest BCUT2D eigenvalue weighted by atomic mass is 10.0. The number of hydrazone groups is 1. The van der Waals surface area contributed by atoms with Crippen molar-refractivity contribution in [2.45, 2.75) is 69.8 Å². The highest BCUT2D eigenvalue weighted by molar-refractivity contribution is 6.03. The molecule has 2 aromatic rings. The number of aliphatic hydroxyl groups is 1.